The number of carbonyl (C=O) groups is 1. The first-order chi connectivity index (χ1) is 6.81. The van der Waals surface area contributed by atoms with Crippen molar-refractivity contribution < 1.29 is 14.3 Å². The van der Waals surface area contributed by atoms with E-state index in [2.05, 4.69) is 5.32 Å². The van der Waals surface area contributed by atoms with Crippen LogP contribution in [0.5, 0.6) is 0 Å². The molecule has 0 radical (unpaired) electrons. The van der Waals surface area contributed by atoms with Crippen molar-refractivity contribution in [1.82, 2.24) is 5.32 Å². The van der Waals surface area contributed by atoms with Crippen molar-refractivity contribution in [1.29, 1.82) is 0 Å². The Labute approximate surface area is 84.0 Å². The summed E-state index contributed by atoms with van der Waals surface area (Å²) in [4.78, 5) is 11.2. The maximum Gasteiger partial charge on any atom is 0.305 e. The van der Waals surface area contributed by atoms with Crippen molar-refractivity contribution in [2.45, 2.75) is 6.42 Å². The van der Waals surface area contributed by atoms with Gasteiger partial charge in [0.25, 0.3) is 0 Å². The average molecular weight is 199 g/mol. The van der Waals surface area contributed by atoms with Crippen LogP contribution in [0.4, 0.5) is 0 Å². The minimum Gasteiger partial charge on any atom is -0.469 e. The highest BCUT2D eigenvalue weighted by Gasteiger charge is 2.38. The number of piperidine rings is 1. The molecule has 2 saturated heterocycles. The van der Waals surface area contributed by atoms with Gasteiger partial charge in [-0.05, 0) is 17.8 Å². The number of hydrogen-bond acceptors (Lipinski definition) is 4. The second kappa shape index (κ2) is 4.28. The minimum atomic E-state index is -0.0891. The SMILES string of the molecule is COC(=O)CC1C2CNCC1COC2. The molecule has 0 amide bonds. The van der Waals surface area contributed by atoms with E-state index in [1.54, 1.807) is 0 Å². The number of methoxy groups -OCH3 is 1. The molecule has 0 saturated carbocycles. The molecule has 14 heavy (non-hydrogen) atoms. The third-order valence-electron chi connectivity index (χ3n) is 3.32. The molecular weight excluding hydrogens is 182 g/mol. The highest BCUT2D eigenvalue weighted by molar-refractivity contribution is 5.69. The molecule has 80 valence electrons. The monoisotopic (exact) mass is 199 g/mol. The number of nitrogens with one attached hydrogen (secondary N) is 1. The molecule has 0 aliphatic carbocycles. The molecule has 2 rings (SSSR count). The van der Waals surface area contributed by atoms with Crippen molar-refractivity contribution in [3.8, 4) is 0 Å². The van der Waals surface area contributed by atoms with Gasteiger partial charge in [-0.15, -0.1) is 0 Å². The third-order valence-corrected chi connectivity index (χ3v) is 3.32. The summed E-state index contributed by atoms with van der Waals surface area (Å²) in [7, 11) is 1.45. The van der Waals surface area contributed by atoms with Gasteiger partial charge < -0.3 is 14.8 Å². The van der Waals surface area contributed by atoms with Crippen molar-refractivity contribution in [3.05, 3.63) is 0 Å². The van der Waals surface area contributed by atoms with E-state index in [-0.39, 0.29) is 5.97 Å². The van der Waals surface area contributed by atoms with Gasteiger partial charge in [-0.1, -0.05) is 0 Å². The van der Waals surface area contributed by atoms with Gasteiger partial charge in [0.15, 0.2) is 0 Å². The zero-order valence-corrected chi connectivity index (χ0v) is 8.49. The predicted molar refractivity (Wildman–Crippen MR) is 50.8 cm³/mol. The average Bonchev–Trinajstić information content (AvgIpc) is 2.17. The van der Waals surface area contributed by atoms with Crippen LogP contribution in [0.25, 0.3) is 0 Å². The minimum absolute atomic E-state index is 0.0891. The second-order valence-electron chi connectivity index (χ2n) is 4.16. The smallest absolute Gasteiger partial charge is 0.305 e. The fourth-order valence-corrected chi connectivity index (χ4v) is 2.49. The van der Waals surface area contributed by atoms with Crippen LogP contribution < -0.4 is 5.32 Å². The molecule has 2 unspecified atom stereocenters. The molecule has 2 aliphatic rings. The summed E-state index contributed by atoms with van der Waals surface area (Å²) in [5.41, 5.74) is 0. The van der Waals surface area contributed by atoms with E-state index in [1.807, 2.05) is 0 Å². The Bertz CT molecular complexity index is 197. The van der Waals surface area contributed by atoms with Gasteiger partial charge in [-0.2, -0.15) is 0 Å². The van der Waals surface area contributed by atoms with Crippen LogP contribution in [-0.4, -0.2) is 39.4 Å². The van der Waals surface area contributed by atoms with Crippen LogP contribution in [-0.2, 0) is 14.3 Å². The number of fused-ring (bicyclic) bond motifs is 2. The summed E-state index contributed by atoms with van der Waals surface area (Å²) in [5.74, 6) is 1.34. The van der Waals surface area contributed by atoms with E-state index in [0.717, 1.165) is 26.3 Å². The molecule has 0 aromatic carbocycles. The first kappa shape index (κ1) is 9.93. The molecule has 0 aromatic heterocycles. The first-order valence-corrected chi connectivity index (χ1v) is 5.16. The molecule has 1 N–H and O–H groups in total. The second-order valence-corrected chi connectivity index (χ2v) is 4.16. The summed E-state index contributed by atoms with van der Waals surface area (Å²) in [6, 6.07) is 0. The van der Waals surface area contributed by atoms with Crippen LogP contribution in [0.3, 0.4) is 0 Å². The normalized spacial score (nSPS) is 36.5. The standard InChI is InChI=1S/C10H17NO3/c1-13-10(12)2-9-7-3-11-4-8(9)6-14-5-7/h7-9,11H,2-6H2,1H3. The largest absolute Gasteiger partial charge is 0.469 e. The van der Waals surface area contributed by atoms with Crippen LogP contribution in [0.15, 0.2) is 0 Å². The van der Waals surface area contributed by atoms with Gasteiger partial charge in [0.2, 0.25) is 0 Å². The molecule has 4 nitrogen and oxygen atoms in total. The van der Waals surface area contributed by atoms with Crippen LogP contribution in [0.1, 0.15) is 6.42 Å². The quantitative estimate of drug-likeness (QED) is 0.637. The lowest BCUT2D eigenvalue weighted by Crippen LogP contribution is -2.51. The Hall–Kier alpha value is -0.610. The predicted octanol–water partition coefficient (Wildman–Crippen LogP) is 0.0315. The number of hydrogen-bond donors (Lipinski definition) is 1. The molecule has 0 spiro atoms. The highest BCUT2D eigenvalue weighted by Crippen LogP contribution is 2.32. The van der Waals surface area contributed by atoms with Crippen LogP contribution in [0, 0.1) is 17.8 Å². The summed E-state index contributed by atoms with van der Waals surface area (Å²) >= 11 is 0. The zero-order chi connectivity index (χ0) is 9.97. The fraction of sp³-hybridized carbons (Fsp3) is 0.900. The molecular formula is C10H17NO3. The van der Waals surface area contributed by atoms with Gasteiger partial charge in [0.05, 0.1) is 20.3 Å². The van der Waals surface area contributed by atoms with Crippen molar-refractivity contribution >= 4 is 5.97 Å². The lowest BCUT2D eigenvalue weighted by atomic mass is 9.75. The van der Waals surface area contributed by atoms with Crippen molar-refractivity contribution in [2.75, 3.05) is 33.4 Å². The summed E-state index contributed by atoms with van der Waals surface area (Å²) in [5, 5.41) is 3.38. The maximum absolute atomic E-state index is 11.2. The van der Waals surface area contributed by atoms with E-state index >= 15 is 0 Å². The van der Waals surface area contributed by atoms with Crippen LogP contribution in [0.2, 0.25) is 0 Å². The van der Waals surface area contributed by atoms with E-state index in [0.29, 0.717) is 24.2 Å². The van der Waals surface area contributed by atoms with E-state index in [4.69, 9.17) is 9.47 Å². The molecule has 2 fully saturated rings. The van der Waals surface area contributed by atoms with Gasteiger partial charge >= 0.3 is 5.97 Å². The summed E-state index contributed by atoms with van der Waals surface area (Å²) in [6.07, 6.45) is 0.552. The van der Waals surface area contributed by atoms with Gasteiger partial charge in [0, 0.05) is 19.5 Å². The van der Waals surface area contributed by atoms with Crippen molar-refractivity contribution in [2.24, 2.45) is 17.8 Å². The maximum atomic E-state index is 11.2. The van der Waals surface area contributed by atoms with Gasteiger partial charge in [-0.3, -0.25) is 4.79 Å². The van der Waals surface area contributed by atoms with E-state index < -0.39 is 0 Å². The summed E-state index contributed by atoms with van der Waals surface area (Å²) < 4.78 is 10.2. The lowest BCUT2D eigenvalue weighted by Gasteiger charge is -2.42. The number of carbonyl (C=O) groups excluding carboxylic acids is 1. The molecule has 0 aromatic rings. The fourth-order valence-electron chi connectivity index (χ4n) is 2.49. The third kappa shape index (κ3) is 1.91. The first-order valence-electron chi connectivity index (χ1n) is 5.16. The lowest BCUT2D eigenvalue weighted by molar-refractivity contribution is -0.145. The highest BCUT2D eigenvalue weighted by atomic mass is 16.5. The molecule has 4 heteroatoms. The van der Waals surface area contributed by atoms with Gasteiger partial charge in [-0.25, -0.2) is 0 Å². The number of ether oxygens (including phenoxy) is 2. The Kier molecular flexibility index (Phi) is 3.03. The van der Waals surface area contributed by atoms with E-state index in [1.165, 1.54) is 7.11 Å². The van der Waals surface area contributed by atoms with Crippen molar-refractivity contribution in [3.63, 3.8) is 0 Å². The van der Waals surface area contributed by atoms with Gasteiger partial charge in [0.1, 0.15) is 0 Å². The van der Waals surface area contributed by atoms with Crippen LogP contribution >= 0.6 is 0 Å². The topological polar surface area (TPSA) is 47.6 Å². The molecule has 2 atom stereocenters. The number of esters is 1. The molecule has 2 heterocycles. The molecule has 2 bridgehead atoms. The summed E-state index contributed by atoms with van der Waals surface area (Å²) in [6.45, 7) is 3.51. The molecule has 2 aliphatic heterocycles. The Morgan fingerprint density at radius 2 is 2.07 bits per heavy atom. The Balaban J connectivity index is 1.98. The zero-order valence-electron chi connectivity index (χ0n) is 8.49. The Morgan fingerprint density at radius 3 is 2.64 bits per heavy atom. The Morgan fingerprint density at radius 1 is 1.43 bits per heavy atom. The van der Waals surface area contributed by atoms with E-state index in [9.17, 15) is 4.79 Å². The number of rotatable bonds is 2.